The lowest BCUT2D eigenvalue weighted by atomic mass is 9.48. The number of hydrogen-bond acceptors (Lipinski definition) is 6. The molecule has 0 N–H and O–H groups in total. The summed E-state index contributed by atoms with van der Waals surface area (Å²) >= 11 is 0. The molecule has 44 heavy (non-hydrogen) atoms. The highest BCUT2D eigenvalue weighted by molar-refractivity contribution is 6.02. The summed E-state index contributed by atoms with van der Waals surface area (Å²) in [6.45, 7) is 8.75. The summed E-state index contributed by atoms with van der Waals surface area (Å²) in [5.41, 5.74) is 5.30. The predicted molar refractivity (Wildman–Crippen MR) is 166 cm³/mol. The summed E-state index contributed by atoms with van der Waals surface area (Å²) in [4.78, 5) is 28.2. The van der Waals surface area contributed by atoms with E-state index in [2.05, 4.69) is 48.7 Å². The van der Waals surface area contributed by atoms with Crippen molar-refractivity contribution in [3.63, 3.8) is 0 Å². The SMILES string of the molecule is C=C1C[C@@H]2[C@H](CC[C@]3(C)C(=O)CC[C@@H]23)[C@@]2(C)C=CC(=O)C=C12.N#Cc1ccc(C(c2ccc(C#N)cc2)n2cncn2)cc1. The molecule has 7 nitrogen and oxygen atoms in total. The molecule has 2 aromatic carbocycles. The van der Waals surface area contributed by atoms with E-state index in [-0.39, 0.29) is 22.7 Å². The van der Waals surface area contributed by atoms with Gasteiger partial charge in [0.25, 0.3) is 0 Å². The van der Waals surface area contributed by atoms with E-state index in [1.807, 2.05) is 24.3 Å². The van der Waals surface area contributed by atoms with Gasteiger partial charge in [-0.1, -0.05) is 56.3 Å². The molecular formula is C37H35N5O2. The van der Waals surface area contributed by atoms with Gasteiger partial charge in [-0.3, -0.25) is 9.59 Å². The van der Waals surface area contributed by atoms with Gasteiger partial charge in [-0.25, -0.2) is 9.67 Å². The molecule has 0 spiro atoms. The second kappa shape index (κ2) is 11.3. The van der Waals surface area contributed by atoms with Crippen LogP contribution in [0.3, 0.4) is 0 Å². The highest BCUT2D eigenvalue weighted by Gasteiger charge is 2.59. The van der Waals surface area contributed by atoms with E-state index >= 15 is 0 Å². The molecule has 0 aliphatic heterocycles. The van der Waals surface area contributed by atoms with Crippen LogP contribution >= 0.6 is 0 Å². The van der Waals surface area contributed by atoms with Crippen LogP contribution in [-0.2, 0) is 9.59 Å². The molecule has 0 amide bonds. The Labute approximate surface area is 258 Å². The Kier molecular flexibility index (Phi) is 7.51. The van der Waals surface area contributed by atoms with Gasteiger partial charge in [0, 0.05) is 17.3 Å². The minimum atomic E-state index is -0.150. The highest BCUT2D eigenvalue weighted by Crippen LogP contribution is 2.64. The van der Waals surface area contributed by atoms with Gasteiger partial charge in [-0.2, -0.15) is 15.6 Å². The van der Waals surface area contributed by atoms with E-state index in [0.29, 0.717) is 34.7 Å². The number of allylic oxidation sites excluding steroid dienone is 5. The van der Waals surface area contributed by atoms with Gasteiger partial charge in [-0.15, -0.1) is 0 Å². The van der Waals surface area contributed by atoms with Crippen molar-refractivity contribution in [2.45, 2.75) is 52.0 Å². The Bertz CT molecular complexity index is 1700. The number of carbonyl (C=O) groups excluding carboxylic acids is 2. The quantitative estimate of drug-likeness (QED) is 0.341. The van der Waals surface area contributed by atoms with Gasteiger partial charge in [-0.05, 0) is 96.6 Å². The summed E-state index contributed by atoms with van der Waals surface area (Å²) < 4.78 is 1.75. The first kappa shape index (κ1) is 29.2. The zero-order valence-corrected chi connectivity index (χ0v) is 25.1. The van der Waals surface area contributed by atoms with Crippen molar-refractivity contribution in [3.8, 4) is 12.1 Å². The van der Waals surface area contributed by atoms with Crippen molar-refractivity contribution in [2.24, 2.45) is 28.6 Å². The number of ketones is 2. The van der Waals surface area contributed by atoms with Gasteiger partial charge in [0.2, 0.25) is 0 Å². The third kappa shape index (κ3) is 4.93. The van der Waals surface area contributed by atoms with Crippen molar-refractivity contribution in [3.05, 3.63) is 119 Å². The number of rotatable bonds is 3. The Morgan fingerprint density at radius 3 is 2.16 bits per heavy atom. The van der Waals surface area contributed by atoms with Crippen LogP contribution in [0.5, 0.6) is 0 Å². The summed E-state index contributed by atoms with van der Waals surface area (Å²) in [7, 11) is 0. The highest BCUT2D eigenvalue weighted by atomic mass is 16.1. The first-order valence-corrected chi connectivity index (χ1v) is 15.2. The number of fused-ring (bicyclic) bond motifs is 5. The number of nitriles is 2. The summed E-state index contributed by atoms with van der Waals surface area (Å²) in [5.74, 6) is 2.14. The van der Waals surface area contributed by atoms with E-state index in [0.717, 1.165) is 54.4 Å². The largest absolute Gasteiger partial charge is 0.299 e. The summed E-state index contributed by atoms with van der Waals surface area (Å²) in [6, 6.07) is 18.8. The van der Waals surface area contributed by atoms with E-state index < -0.39 is 0 Å². The number of benzene rings is 2. The Morgan fingerprint density at radius 2 is 1.59 bits per heavy atom. The van der Waals surface area contributed by atoms with Crippen LogP contribution in [-0.4, -0.2) is 26.3 Å². The zero-order valence-electron chi connectivity index (χ0n) is 25.1. The molecule has 0 radical (unpaired) electrons. The van der Waals surface area contributed by atoms with Crippen molar-refractivity contribution in [1.82, 2.24) is 14.8 Å². The average molecular weight is 582 g/mol. The first-order valence-electron chi connectivity index (χ1n) is 15.2. The van der Waals surface area contributed by atoms with Crippen molar-refractivity contribution >= 4 is 11.6 Å². The van der Waals surface area contributed by atoms with Crippen LogP contribution in [0, 0.1) is 51.2 Å². The number of Topliss-reactive ketones (excluding diaryl/α,β-unsaturated/α-hetero) is 1. The fourth-order valence-electron chi connectivity index (χ4n) is 8.31. The van der Waals surface area contributed by atoms with Gasteiger partial charge >= 0.3 is 0 Å². The van der Waals surface area contributed by atoms with E-state index in [9.17, 15) is 9.59 Å². The number of hydrogen-bond donors (Lipinski definition) is 0. The molecule has 5 atom stereocenters. The Balaban J connectivity index is 0.000000156. The minimum Gasteiger partial charge on any atom is -0.299 e. The van der Waals surface area contributed by atoms with Crippen LogP contribution < -0.4 is 0 Å². The lowest BCUT2D eigenvalue weighted by Crippen LogP contribution is -2.50. The van der Waals surface area contributed by atoms with Crippen LogP contribution in [0.25, 0.3) is 0 Å². The molecule has 3 fully saturated rings. The molecular weight excluding hydrogens is 546 g/mol. The number of nitrogens with zero attached hydrogens (tertiary/aromatic N) is 5. The molecule has 1 heterocycles. The summed E-state index contributed by atoms with van der Waals surface area (Å²) in [5, 5.41) is 22.1. The normalized spacial score (nSPS) is 28.5. The maximum absolute atomic E-state index is 12.4. The van der Waals surface area contributed by atoms with Gasteiger partial charge in [0.1, 0.15) is 24.5 Å². The summed E-state index contributed by atoms with van der Waals surface area (Å²) in [6.07, 6.45) is 13.6. The number of aromatic nitrogens is 3. The van der Waals surface area contributed by atoms with Crippen LogP contribution in [0.1, 0.15) is 74.2 Å². The predicted octanol–water partition coefficient (Wildman–Crippen LogP) is 6.69. The molecule has 3 aromatic rings. The second-order valence-electron chi connectivity index (χ2n) is 12.9. The smallest absolute Gasteiger partial charge is 0.178 e. The minimum absolute atomic E-state index is 0.0686. The maximum atomic E-state index is 12.4. The molecule has 7 heteroatoms. The van der Waals surface area contributed by atoms with E-state index in [4.69, 9.17) is 10.5 Å². The second-order valence-corrected chi connectivity index (χ2v) is 12.9. The van der Waals surface area contributed by atoms with Gasteiger partial charge in [0.15, 0.2) is 5.78 Å². The molecule has 220 valence electrons. The standard InChI is InChI=1S/C20H24O2.C17H11N5/c1-12-10-14-15-4-5-18(22)20(15,3)9-7-16(14)19(2)8-6-13(21)11-17(12)19;18-9-13-1-5-15(6-2-13)17(22-12-20-11-21-22)16-7-3-14(10-19)4-8-16/h6,8,11,14-16H,1,4-5,7,9-10H2,2-3H3;1-8,11-12,17H/t14-,15-,16-,19+,20-;/m0./s1. The van der Waals surface area contributed by atoms with E-state index in [1.54, 1.807) is 47.4 Å². The van der Waals surface area contributed by atoms with Gasteiger partial charge in [0.05, 0.1) is 23.3 Å². The van der Waals surface area contributed by atoms with E-state index in [1.165, 1.54) is 6.33 Å². The fourth-order valence-corrected chi connectivity index (χ4v) is 8.31. The Morgan fingerprint density at radius 1 is 0.955 bits per heavy atom. The molecule has 4 aliphatic rings. The molecule has 0 saturated heterocycles. The third-order valence-electron chi connectivity index (χ3n) is 10.7. The molecule has 3 saturated carbocycles. The molecule has 4 aliphatic carbocycles. The molecule has 1 aromatic heterocycles. The molecule has 0 bridgehead atoms. The monoisotopic (exact) mass is 581 g/mol. The maximum Gasteiger partial charge on any atom is 0.178 e. The van der Waals surface area contributed by atoms with Crippen LogP contribution in [0.15, 0.2) is 97.1 Å². The lowest BCUT2D eigenvalue weighted by molar-refractivity contribution is -0.131. The number of carbonyl (C=O) groups is 2. The molecule has 7 rings (SSSR count). The van der Waals surface area contributed by atoms with Crippen LogP contribution in [0.2, 0.25) is 0 Å². The lowest BCUT2D eigenvalue weighted by Gasteiger charge is -2.56. The Hall–Kier alpha value is -4.88. The molecule has 0 unspecified atom stereocenters. The average Bonchev–Trinajstić information content (AvgIpc) is 3.67. The van der Waals surface area contributed by atoms with Crippen LogP contribution in [0.4, 0.5) is 0 Å². The zero-order chi connectivity index (χ0) is 31.1. The van der Waals surface area contributed by atoms with Crippen molar-refractivity contribution in [1.29, 1.82) is 10.5 Å². The van der Waals surface area contributed by atoms with Gasteiger partial charge < -0.3 is 0 Å². The first-order chi connectivity index (χ1) is 21.2. The van der Waals surface area contributed by atoms with Crippen molar-refractivity contribution < 1.29 is 9.59 Å². The third-order valence-corrected chi connectivity index (χ3v) is 10.7. The topological polar surface area (TPSA) is 112 Å². The van der Waals surface area contributed by atoms with Crippen molar-refractivity contribution in [2.75, 3.05) is 0 Å². The fraction of sp³-hybridized carbons (Fsp3) is 0.351.